The van der Waals surface area contributed by atoms with Crippen molar-refractivity contribution in [3.05, 3.63) is 41.3 Å². The molecule has 0 saturated heterocycles. The summed E-state index contributed by atoms with van der Waals surface area (Å²) < 4.78 is 5.30. The molecule has 0 bridgehead atoms. The van der Waals surface area contributed by atoms with Gasteiger partial charge in [0.25, 0.3) is 0 Å². The molecule has 0 atom stereocenters. The lowest BCUT2D eigenvalue weighted by molar-refractivity contribution is 0.0665. The second-order valence-corrected chi connectivity index (χ2v) is 3.46. The molecular weight excluding hydrogens is 206 g/mol. The molecule has 1 aliphatic rings. The lowest BCUT2D eigenvalue weighted by Crippen LogP contribution is -1.97. The SMILES string of the molecule is O=C(O)c1oc2cccc3c2c1C=NC=C3. The van der Waals surface area contributed by atoms with Crippen LogP contribution in [0.4, 0.5) is 0 Å². The van der Waals surface area contributed by atoms with Crippen molar-refractivity contribution in [3.63, 3.8) is 0 Å². The van der Waals surface area contributed by atoms with Crippen LogP contribution in [0.1, 0.15) is 21.7 Å². The maximum atomic E-state index is 11.0. The summed E-state index contributed by atoms with van der Waals surface area (Å²) in [5.74, 6) is -1.14. The molecule has 0 radical (unpaired) electrons. The van der Waals surface area contributed by atoms with Crippen molar-refractivity contribution in [2.24, 2.45) is 4.99 Å². The fourth-order valence-electron chi connectivity index (χ4n) is 1.86. The molecule has 0 saturated carbocycles. The van der Waals surface area contributed by atoms with Crippen LogP contribution in [-0.2, 0) is 0 Å². The largest absolute Gasteiger partial charge is 0.475 e. The van der Waals surface area contributed by atoms with Gasteiger partial charge in [-0.05, 0) is 17.7 Å². The summed E-state index contributed by atoms with van der Waals surface area (Å²) in [6, 6.07) is 5.48. The van der Waals surface area contributed by atoms with Gasteiger partial charge < -0.3 is 9.52 Å². The Bertz CT molecular complexity index is 650. The Hall–Kier alpha value is -2.36. The monoisotopic (exact) mass is 213 g/mol. The van der Waals surface area contributed by atoms with Crippen molar-refractivity contribution in [1.29, 1.82) is 0 Å². The third-order valence-corrected chi connectivity index (χ3v) is 2.52. The number of furan rings is 1. The van der Waals surface area contributed by atoms with E-state index in [0.717, 1.165) is 10.9 Å². The first kappa shape index (κ1) is 8.91. The van der Waals surface area contributed by atoms with Crippen LogP contribution in [0.2, 0.25) is 0 Å². The van der Waals surface area contributed by atoms with Gasteiger partial charge in [0.1, 0.15) is 5.58 Å². The van der Waals surface area contributed by atoms with Gasteiger partial charge in [0.15, 0.2) is 0 Å². The number of hydrogen-bond acceptors (Lipinski definition) is 3. The predicted molar refractivity (Wildman–Crippen MR) is 59.8 cm³/mol. The molecule has 2 aromatic rings. The second kappa shape index (κ2) is 3.06. The number of nitrogens with zero attached hydrogens (tertiary/aromatic N) is 1. The Labute approximate surface area is 90.5 Å². The molecule has 1 N–H and O–H groups in total. The number of carboxylic acids is 1. The third kappa shape index (κ3) is 1.10. The standard InChI is InChI=1S/C12H7NO3/c14-12(15)11-8-6-13-5-4-7-2-1-3-9(16-11)10(7)8/h1-6H,(H,14,15). The van der Waals surface area contributed by atoms with Crippen LogP contribution in [0.15, 0.2) is 33.8 Å². The highest BCUT2D eigenvalue weighted by molar-refractivity contribution is 6.10. The van der Waals surface area contributed by atoms with Crippen LogP contribution >= 0.6 is 0 Å². The number of carbonyl (C=O) groups is 1. The van der Waals surface area contributed by atoms with Crippen LogP contribution in [0.25, 0.3) is 17.0 Å². The van der Waals surface area contributed by atoms with Crippen molar-refractivity contribution in [3.8, 4) is 0 Å². The smallest absolute Gasteiger partial charge is 0.372 e. The molecule has 0 fully saturated rings. The van der Waals surface area contributed by atoms with Gasteiger partial charge in [-0.2, -0.15) is 0 Å². The Morgan fingerprint density at radius 2 is 2.25 bits per heavy atom. The Kier molecular flexibility index (Phi) is 1.71. The van der Waals surface area contributed by atoms with E-state index in [1.54, 1.807) is 12.3 Å². The van der Waals surface area contributed by atoms with Gasteiger partial charge in [-0.25, -0.2) is 4.79 Å². The number of hydrogen-bond donors (Lipinski definition) is 1. The first-order valence-corrected chi connectivity index (χ1v) is 4.76. The third-order valence-electron chi connectivity index (χ3n) is 2.52. The lowest BCUT2D eigenvalue weighted by atomic mass is 10.1. The number of aromatic carboxylic acids is 1. The zero-order valence-electron chi connectivity index (χ0n) is 8.18. The molecule has 3 rings (SSSR count). The molecule has 2 heterocycles. The quantitative estimate of drug-likeness (QED) is 0.791. The van der Waals surface area contributed by atoms with E-state index in [-0.39, 0.29) is 5.76 Å². The minimum absolute atomic E-state index is 0.0603. The van der Waals surface area contributed by atoms with Crippen LogP contribution in [0, 0.1) is 0 Å². The normalized spacial score (nSPS) is 13.0. The van der Waals surface area contributed by atoms with Crippen molar-refractivity contribution >= 4 is 29.2 Å². The van der Waals surface area contributed by atoms with Gasteiger partial charge in [0.05, 0.1) is 5.56 Å². The van der Waals surface area contributed by atoms with Crippen molar-refractivity contribution in [2.75, 3.05) is 0 Å². The average molecular weight is 213 g/mol. The van der Waals surface area contributed by atoms with Gasteiger partial charge in [-0.15, -0.1) is 0 Å². The van der Waals surface area contributed by atoms with Crippen molar-refractivity contribution < 1.29 is 14.3 Å². The fourth-order valence-corrected chi connectivity index (χ4v) is 1.86. The summed E-state index contributed by atoms with van der Waals surface area (Å²) in [5, 5.41) is 9.83. The van der Waals surface area contributed by atoms with E-state index in [0.29, 0.717) is 11.1 Å². The van der Waals surface area contributed by atoms with E-state index in [2.05, 4.69) is 4.99 Å². The molecule has 78 valence electrons. The molecule has 0 unspecified atom stereocenters. The molecule has 0 aliphatic carbocycles. The summed E-state index contributed by atoms with van der Waals surface area (Å²) in [4.78, 5) is 15.0. The maximum absolute atomic E-state index is 11.0. The van der Waals surface area contributed by atoms with E-state index >= 15 is 0 Å². The zero-order chi connectivity index (χ0) is 11.1. The van der Waals surface area contributed by atoms with Crippen molar-refractivity contribution in [1.82, 2.24) is 0 Å². The number of benzene rings is 1. The van der Waals surface area contributed by atoms with E-state index in [9.17, 15) is 4.79 Å². The van der Waals surface area contributed by atoms with Crippen LogP contribution in [0.5, 0.6) is 0 Å². The minimum atomic E-state index is -1.08. The van der Waals surface area contributed by atoms with E-state index in [1.807, 2.05) is 18.2 Å². The summed E-state index contributed by atoms with van der Waals surface area (Å²) in [5.41, 5.74) is 2.02. The van der Waals surface area contributed by atoms with Crippen LogP contribution < -0.4 is 0 Å². The Morgan fingerprint density at radius 3 is 3.06 bits per heavy atom. The summed E-state index contributed by atoms with van der Waals surface area (Å²) in [6.45, 7) is 0. The highest BCUT2D eigenvalue weighted by Crippen LogP contribution is 2.30. The van der Waals surface area contributed by atoms with E-state index in [4.69, 9.17) is 9.52 Å². The predicted octanol–water partition coefficient (Wildman–Crippen LogP) is 2.53. The number of rotatable bonds is 1. The van der Waals surface area contributed by atoms with Gasteiger partial charge in [0, 0.05) is 17.8 Å². The molecule has 4 heteroatoms. The molecule has 1 aromatic heterocycles. The minimum Gasteiger partial charge on any atom is -0.475 e. The first-order chi connectivity index (χ1) is 7.77. The van der Waals surface area contributed by atoms with Crippen LogP contribution in [0.3, 0.4) is 0 Å². The average Bonchev–Trinajstić information content (AvgIpc) is 2.50. The molecule has 4 nitrogen and oxygen atoms in total. The summed E-state index contributed by atoms with van der Waals surface area (Å²) in [7, 11) is 0. The van der Waals surface area contributed by atoms with Crippen molar-refractivity contribution in [2.45, 2.75) is 0 Å². The topological polar surface area (TPSA) is 62.8 Å². The van der Waals surface area contributed by atoms with Gasteiger partial charge in [0.2, 0.25) is 5.76 Å². The molecule has 0 amide bonds. The first-order valence-electron chi connectivity index (χ1n) is 4.76. The highest BCUT2D eigenvalue weighted by atomic mass is 16.4. The highest BCUT2D eigenvalue weighted by Gasteiger charge is 2.20. The fraction of sp³-hybridized carbons (Fsp3) is 0. The molecule has 1 aliphatic heterocycles. The van der Waals surface area contributed by atoms with E-state index in [1.165, 1.54) is 6.21 Å². The number of aliphatic imine (C=N–C) groups is 1. The maximum Gasteiger partial charge on any atom is 0.372 e. The molecular formula is C12H7NO3. The van der Waals surface area contributed by atoms with Gasteiger partial charge in [-0.3, -0.25) is 4.99 Å². The summed E-state index contributed by atoms with van der Waals surface area (Å²) in [6.07, 6.45) is 4.99. The van der Waals surface area contributed by atoms with Crippen LogP contribution in [-0.4, -0.2) is 17.3 Å². The number of carboxylic acid groups (broad SMARTS) is 1. The second-order valence-electron chi connectivity index (χ2n) is 3.46. The summed E-state index contributed by atoms with van der Waals surface area (Å²) >= 11 is 0. The molecule has 0 spiro atoms. The Morgan fingerprint density at radius 1 is 1.38 bits per heavy atom. The van der Waals surface area contributed by atoms with E-state index < -0.39 is 5.97 Å². The molecule has 1 aromatic carbocycles. The molecule has 16 heavy (non-hydrogen) atoms. The Balaban J connectivity index is 2.50. The zero-order valence-corrected chi connectivity index (χ0v) is 8.18. The lowest BCUT2D eigenvalue weighted by Gasteiger charge is -1.94. The van der Waals surface area contributed by atoms with Gasteiger partial charge >= 0.3 is 5.97 Å². The van der Waals surface area contributed by atoms with Gasteiger partial charge in [-0.1, -0.05) is 12.1 Å².